The quantitative estimate of drug-likeness (QED) is 0.675. The van der Waals surface area contributed by atoms with Crippen molar-refractivity contribution >= 4 is 10.0 Å². The lowest BCUT2D eigenvalue weighted by Crippen LogP contribution is -2.34. The molecule has 2 aromatic carbocycles. The lowest BCUT2D eigenvalue weighted by Gasteiger charge is -2.32. The van der Waals surface area contributed by atoms with Crippen molar-refractivity contribution in [1.29, 1.82) is 0 Å². The van der Waals surface area contributed by atoms with Crippen LogP contribution in [0.1, 0.15) is 32.4 Å². The van der Waals surface area contributed by atoms with Crippen molar-refractivity contribution in [3.63, 3.8) is 0 Å². The summed E-state index contributed by atoms with van der Waals surface area (Å²) in [4.78, 5) is 0.229. The summed E-state index contributed by atoms with van der Waals surface area (Å²) in [6.45, 7) is 7.39. The van der Waals surface area contributed by atoms with Crippen LogP contribution in [0.25, 0.3) is 0 Å². The maximum absolute atomic E-state index is 13.2. The minimum absolute atomic E-state index is 0.0457. The SMILES string of the molecule is CN(C)S(=O)(=O)c1ccc(OCCNC(c2ccc(F)cc2)C(C)(C)C)cc1. The second-order valence-corrected chi connectivity index (χ2v) is 10.1. The molecule has 2 rings (SSSR count). The molecule has 0 aliphatic carbocycles. The standard InChI is InChI=1S/C21H29FN2O3S/c1-21(2,3)20(16-6-8-17(22)9-7-16)23-14-15-27-18-10-12-19(13-11-18)28(25,26)24(4)5/h6-13,20,23H,14-15H2,1-5H3. The maximum atomic E-state index is 13.2. The number of ether oxygens (including phenoxy) is 1. The van der Waals surface area contributed by atoms with Gasteiger partial charge in [0.1, 0.15) is 18.2 Å². The fourth-order valence-electron chi connectivity index (χ4n) is 2.87. The predicted molar refractivity (Wildman–Crippen MR) is 109 cm³/mol. The highest BCUT2D eigenvalue weighted by atomic mass is 32.2. The highest BCUT2D eigenvalue weighted by molar-refractivity contribution is 7.89. The van der Waals surface area contributed by atoms with Crippen LogP contribution >= 0.6 is 0 Å². The highest BCUT2D eigenvalue weighted by Crippen LogP contribution is 2.32. The van der Waals surface area contributed by atoms with Gasteiger partial charge in [-0.25, -0.2) is 17.1 Å². The van der Waals surface area contributed by atoms with E-state index in [4.69, 9.17) is 4.74 Å². The Balaban J connectivity index is 1.94. The molecule has 0 bridgehead atoms. The van der Waals surface area contributed by atoms with Gasteiger partial charge in [-0.1, -0.05) is 32.9 Å². The van der Waals surface area contributed by atoms with Crippen molar-refractivity contribution < 1.29 is 17.5 Å². The third kappa shape index (κ3) is 5.77. The first kappa shape index (κ1) is 22.3. The number of sulfonamides is 1. The summed E-state index contributed by atoms with van der Waals surface area (Å²) in [7, 11) is -0.445. The first-order valence-electron chi connectivity index (χ1n) is 9.16. The van der Waals surface area contributed by atoms with E-state index in [-0.39, 0.29) is 22.2 Å². The molecule has 0 radical (unpaired) electrons. The van der Waals surface area contributed by atoms with E-state index in [1.807, 2.05) is 0 Å². The average molecular weight is 409 g/mol. The Kier molecular flexibility index (Phi) is 7.20. The molecule has 0 amide bonds. The van der Waals surface area contributed by atoms with E-state index in [0.717, 1.165) is 5.56 Å². The maximum Gasteiger partial charge on any atom is 0.242 e. The molecule has 28 heavy (non-hydrogen) atoms. The molecule has 154 valence electrons. The van der Waals surface area contributed by atoms with Crippen molar-refractivity contribution in [2.24, 2.45) is 5.41 Å². The topological polar surface area (TPSA) is 58.6 Å². The van der Waals surface area contributed by atoms with Gasteiger partial charge in [0.2, 0.25) is 10.0 Å². The highest BCUT2D eigenvalue weighted by Gasteiger charge is 2.25. The van der Waals surface area contributed by atoms with Crippen LogP contribution in [-0.4, -0.2) is 40.0 Å². The fraction of sp³-hybridized carbons (Fsp3) is 0.429. The van der Waals surface area contributed by atoms with Crippen molar-refractivity contribution in [3.8, 4) is 5.75 Å². The lowest BCUT2D eigenvalue weighted by atomic mass is 9.82. The number of halogens is 1. The second kappa shape index (κ2) is 9.03. The van der Waals surface area contributed by atoms with Crippen molar-refractivity contribution in [2.45, 2.75) is 31.7 Å². The molecule has 1 atom stereocenters. The summed E-state index contributed by atoms with van der Waals surface area (Å²) in [6.07, 6.45) is 0. The molecule has 7 heteroatoms. The smallest absolute Gasteiger partial charge is 0.242 e. The summed E-state index contributed by atoms with van der Waals surface area (Å²) in [5.41, 5.74) is 0.965. The van der Waals surface area contributed by atoms with Gasteiger partial charge in [0.15, 0.2) is 0 Å². The number of benzene rings is 2. The third-order valence-electron chi connectivity index (χ3n) is 4.39. The molecule has 0 aliphatic heterocycles. The molecule has 0 fully saturated rings. The Morgan fingerprint density at radius 3 is 2.11 bits per heavy atom. The van der Waals surface area contributed by atoms with E-state index in [9.17, 15) is 12.8 Å². The molecule has 0 saturated heterocycles. The molecule has 2 aromatic rings. The lowest BCUT2D eigenvalue weighted by molar-refractivity contribution is 0.244. The predicted octanol–water partition coefficient (Wildman–Crippen LogP) is 3.83. The van der Waals surface area contributed by atoms with Gasteiger partial charge < -0.3 is 10.1 Å². The zero-order valence-corrected chi connectivity index (χ0v) is 17.9. The molecule has 0 spiro atoms. The summed E-state index contributed by atoms with van der Waals surface area (Å²) < 4.78 is 44.3. The van der Waals surface area contributed by atoms with Gasteiger partial charge in [0.05, 0.1) is 4.90 Å². The molecular weight excluding hydrogens is 379 g/mol. The largest absolute Gasteiger partial charge is 0.492 e. The Bertz CT molecular complexity index is 858. The van der Waals surface area contributed by atoms with Crippen LogP contribution in [0.2, 0.25) is 0 Å². The van der Waals surface area contributed by atoms with Gasteiger partial charge in [-0.2, -0.15) is 0 Å². The van der Waals surface area contributed by atoms with Gasteiger partial charge in [0.25, 0.3) is 0 Å². The summed E-state index contributed by atoms with van der Waals surface area (Å²) in [6, 6.07) is 12.9. The van der Waals surface area contributed by atoms with Crippen LogP contribution < -0.4 is 10.1 Å². The van der Waals surface area contributed by atoms with E-state index >= 15 is 0 Å². The van der Waals surface area contributed by atoms with E-state index < -0.39 is 10.0 Å². The normalized spacial score (nSPS) is 13.5. The average Bonchev–Trinajstić information content (AvgIpc) is 2.62. The van der Waals surface area contributed by atoms with Crippen LogP contribution in [-0.2, 0) is 10.0 Å². The van der Waals surface area contributed by atoms with Crippen LogP contribution in [0.4, 0.5) is 4.39 Å². The number of nitrogens with zero attached hydrogens (tertiary/aromatic N) is 1. The van der Waals surface area contributed by atoms with Gasteiger partial charge >= 0.3 is 0 Å². The zero-order valence-electron chi connectivity index (χ0n) is 17.1. The number of rotatable bonds is 8. The van der Waals surface area contributed by atoms with Crippen molar-refractivity contribution in [1.82, 2.24) is 9.62 Å². The van der Waals surface area contributed by atoms with Crippen LogP contribution in [0.3, 0.4) is 0 Å². The molecule has 5 nitrogen and oxygen atoms in total. The van der Waals surface area contributed by atoms with E-state index in [0.29, 0.717) is 18.9 Å². The molecule has 0 aliphatic rings. The number of nitrogens with one attached hydrogen (secondary N) is 1. The number of hydrogen-bond acceptors (Lipinski definition) is 4. The van der Waals surface area contributed by atoms with Gasteiger partial charge in [-0.05, 0) is 47.4 Å². The minimum atomic E-state index is -3.44. The molecule has 0 heterocycles. The van der Waals surface area contributed by atoms with Gasteiger partial charge in [-0.3, -0.25) is 0 Å². The van der Waals surface area contributed by atoms with Crippen LogP contribution in [0, 0.1) is 11.2 Å². The molecule has 1 N–H and O–H groups in total. The Hall–Kier alpha value is -1.96. The molecule has 0 aromatic heterocycles. The Labute approximate surface area is 167 Å². The molecular formula is C21H29FN2O3S. The Morgan fingerprint density at radius 1 is 1.04 bits per heavy atom. The van der Waals surface area contributed by atoms with Crippen LogP contribution in [0.15, 0.2) is 53.4 Å². The molecule has 0 saturated carbocycles. The Morgan fingerprint density at radius 2 is 1.61 bits per heavy atom. The monoisotopic (exact) mass is 408 g/mol. The van der Waals surface area contributed by atoms with Crippen LogP contribution in [0.5, 0.6) is 5.75 Å². The summed E-state index contributed by atoms with van der Waals surface area (Å²) in [5.74, 6) is 0.355. The zero-order chi connectivity index (χ0) is 20.9. The minimum Gasteiger partial charge on any atom is -0.492 e. The van der Waals surface area contributed by atoms with Gasteiger partial charge in [-0.15, -0.1) is 0 Å². The van der Waals surface area contributed by atoms with E-state index in [2.05, 4.69) is 26.1 Å². The van der Waals surface area contributed by atoms with Crippen molar-refractivity contribution in [2.75, 3.05) is 27.2 Å². The summed E-state index contributed by atoms with van der Waals surface area (Å²) in [5, 5.41) is 3.47. The van der Waals surface area contributed by atoms with Gasteiger partial charge in [0, 0.05) is 26.7 Å². The first-order chi connectivity index (χ1) is 13.0. The third-order valence-corrected chi connectivity index (χ3v) is 6.22. The molecule has 1 unspecified atom stereocenters. The van der Waals surface area contributed by atoms with E-state index in [1.165, 1.54) is 42.7 Å². The van der Waals surface area contributed by atoms with Crippen molar-refractivity contribution in [3.05, 3.63) is 59.9 Å². The second-order valence-electron chi connectivity index (χ2n) is 7.91. The first-order valence-corrected chi connectivity index (χ1v) is 10.6. The number of hydrogen-bond donors (Lipinski definition) is 1. The summed E-state index contributed by atoms with van der Waals surface area (Å²) >= 11 is 0. The fourth-order valence-corrected chi connectivity index (χ4v) is 3.77. The van der Waals surface area contributed by atoms with E-state index in [1.54, 1.807) is 24.3 Å².